The van der Waals surface area contributed by atoms with Crippen LogP contribution in [0.3, 0.4) is 0 Å². The Morgan fingerprint density at radius 3 is 1.97 bits per heavy atom. The van der Waals surface area contributed by atoms with Gasteiger partial charge in [-0.2, -0.15) is 0 Å². The molecule has 0 aromatic heterocycles. The second kappa shape index (κ2) is 13.8. The van der Waals surface area contributed by atoms with Gasteiger partial charge in [-0.15, -0.1) is 0 Å². The molecule has 0 unspecified atom stereocenters. The van der Waals surface area contributed by atoms with Crippen molar-refractivity contribution in [1.29, 1.82) is 0 Å². The molecule has 0 aliphatic heterocycles. The highest BCUT2D eigenvalue weighted by molar-refractivity contribution is 7.92. The molecule has 0 aliphatic carbocycles. The van der Waals surface area contributed by atoms with Gasteiger partial charge < -0.3 is 10.2 Å². The van der Waals surface area contributed by atoms with Gasteiger partial charge in [-0.05, 0) is 35.7 Å². The van der Waals surface area contributed by atoms with Gasteiger partial charge in [-0.1, -0.05) is 91.6 Å². The number of amides is 2. The van der Waals surface area contributed by atoms with E-state index in [2.05, 4.69) is 5.32 Å². The molecular weight excluding hydrogens is 557 g/mol. The van der Waals surface area contributed by atoms with Crippen LogP contribution in [0.4, 0.5) is 5.69 Å². The molecule has 3 aromatic carbocycles. The van der Waals surface area contributed by atoms with Crippen molar-refractivity contribution in [1.82, 2.24) is 10.2 Å². The van der Waals surface area contributed by atoms with Crippen LogP contribution in [0.5, 0.6) is 0 Å². The summed E-state index contributed by atoms with van der Waals surface area (Å²) in [6.07, 6.45) is 1.25. The monoisotopic (exact) mass is 589 g/mol. The highest BCUT2D eigenvalue weighted by Crippen LogP contribution is 2.28. The second-order valence-electron chi connectivity index (χ2n) is 9.67. The molecule has 208 valence electrons. The van der Waals surface area contributed by atoms with Crippen LogP contribution in [0.15, 0.2) is 78.9 Å². The number of hydrogen-bond donors (Lipinski definition) is 1. The van der Waals surface area contributed by atoms with Crippen molar-refractivity contribution < 1.29 is 18.0 Å². The van der Waals surface area contributed by atoms with Gasteiger partial charge in [0.05, 0.1) is 11.9 Å². The minimum Gasteiger partial charge on any atom is -0.354 e. The third-order valence-corrected chi connectivity index (χ3v) is 7.92. The number of nitrogens with one attached hydrogen (secondary N) is 1. The predicted octanol–water partition coefficient (Wildman–Crippen LogP) is 5.17. The molecule has 0 spiro atoms. The first-order chi connectivity index (χ1) is 18.5. The minimum atomic E-state index is -3.83. The summed E-state index contributed by atoms with van der Waals surface area (Å²) in [5, 5.41) is 3.61. The molecule has 10 heteroatoms. The fourth-order valence-electron chi connectivity index (χ4n) is 4.04. The summed E-state index contributed by atoms with van der Waals surface area (Å²) in [5.74, 6) is -0.733. The standard InChI is InChI=1S/C29H33Cl2N3O4S/c1-21(2)18-32-29(36)27(17-22-11-6-4-7-12-22)33(19-24-25(30)15-10-16-26(24)31)28(35)20-34(39(3,37)38)23-13-8-5-9-14-23/h4-16,21,27H,17-20H2,1-3H3,(H,32,36)/t27-/m1/s1. The van der Waals surface area contributed by atoms with Gasteiger partial charge in [0.2, 0.25) is 21.8 Å². The number of hydrogen-bond acceptors (Lipinski definition) is 4. The Bertz CT molecular complexity index is 1350. The number of carbonyl (C=O) groups excluding carboxylic acids is 2. The van der Waals surface area contributed by atoms with Crippen LogP contribution in [-0.2, 0) is 32.6 Å². The molecule has 0 saturated carbocycles. The van der Waals surface area contributed by atoms with Gasteiger partial charge in [0.25, 0.3) is 0 Å². The first-order valence-corrected chi connectivity index (χ1v) is 15.1. The fraction of sp³-hybridized carbons (Fsp3) is 0.310. The van der Waals surface area contributed by atoms with E-state index in [0.29, 0.717) is 27.8 Å². The number of anilines is 1. The molecule has 1 N–H and O–H groups in total. The zero-order valence-corrected chi connectivity index (χ0v) is 24.5. The number of nitrogens with zero attached hydrogens (tertiary/aromatic N) is 2. The maximum Gasteiger partial charge on any atom is 0.244 e. The molecular formula is C29H33Cl2N3O4S. The summed E-state index contributed by atoms with van der Waals surface area (Å²) in [6.45, 7) is 3.77. The molecule has 0 fully saturated rings. The largest absolute Gasteiger partial charge is 0.354 e. The van der Waals surface area contributed by atoms with Crippen LogP contribution in [0.1, 0.15) is 25.0 Å². The van der Waals surface area contributed by atoms with Crippen molar-refractivity contribution in [3.63, 3.8) is 0 Å². The molecule has 0 aliphatic rings. The Labute approximate surface area is 240 Å². The van der Waals surface area contributed by atoms with Crippen LogP contribution in [0, 0.1) is 5.92 Å². The van der Waals surface area contributed by atoms with Crippen molar-refractivity contribution in [2.75, 3.05) is 23.7 Å². The maximum absolute atomic E-state index is 14.0. The van der Waals surface area contributed by atoms with Gasteiger partial charge in [-0.25, -0.2) is 8.42 Å². The van der Waals surface area contributed by atoms with E-state index < -0.39 is 28.5 Å². The van der Waals surface area contributed by atoms with Gasteiger partial charge in [0, 0.05) is 35.1 Å². The van der Waals surface area contributed by atoms with Gasteiger partial charge in [0.15, 0.2) is 0 Å². The van der Waals surface area contributed by atoms with Crippen molar-refractivity contribution in [3.8, 4) is 0 Å². The minimum absolute atomic E-state index is 0.0870. The van der Waals surface area contributed by atoms with E-state index in [9.17, 15) is 18.0 Å². The van der Waals surface area contributed by atoms with Crippen LogP contribution >= 0.6 is 23.2 Å². The van der Waals surface area contributed by atoms with Gasteiger partial charge in [0.1, 0.15) is 12.6 Å². The highest BCUT2D eigenvalue weighted by Gasteiger charge is 2.33. The number of para-hydroxylation sites is 1. The van der Waals surface area contributed by atoms with Gasteiger partial charge >= 0.3 is 0 Å². The fourth-order valence-corrected chi connectivity index (χ4v) is 5.40. The van der Waals surface area contributed by atoms with E-state index in [-0.39, 0.29) is 24.8 Å². The Hall–Kier alpha value is -3.07. The van der Waals surface area contributed by atoms with Gasteiger partial charge in [-0.3, -0.25) is 13.9 Å². The van der Waals surface area contributed by atoms with Crippen LogP contribution in [0.25, 0.3) is 0 Å². The van der Waals surface area contributed by atoms with Crippen LogP contribution in [-0.4, -0.2) is 50.5 Å². The zero-order valence-electron chi connectivity index (χ0n) is 22.2. The van der Waals surface area contributed by atoms with Crippen molar-refractivity contribution in [3.05, 3.63) is 100 Å². The number of carbonyl (C=O) groups is 2. The molecule has 0 radical (unpaired) electrons. The summed E-state index contributed by atoms with van der Waals surface area (Å²) in [4.78, 5) is 29.0. The summed E-state index contributed by atoms with van der Waals surface area (Å²) < 4.78 is 26.6. The summed E-state index contributed by atoms with van der Waals surface area (Å²) in [6, 6.07) is 21.7. The summed E-state index contributed by atoms with van der Waals surface area (Å²) >= 11 is 12.9. The molecule has 3 rings (SSSR count). The molecule has 7 nitrogen and oxygen atoms in total. The quantitative estimate of drug-likeness (QED) is 0.315. The Balaban J connectivity index is 2.08. The first kappa shape index (κ1) is 30.5. The molecule has 0 bridgehead atoms. The molecule has 2 amide bonds. The Morgan fingerprint density at radius 1 is 0.872 bits per heavy atom. The lowest BCUT2D eigenvalue weighted by molar-refractivity contribution is -0.140. The van der Waals surface area contributed by atoms with Crippen molar-refractivity contribution in [2.24, 2.45) is 5.92 Å². The lowest BCUT2D eigenvalue weighted by Gasteiger charge is -2.34. The van der Waals surface area contributed by atoms with Crippen LogP contribution in [0.2, 0.25) is 10.0 Å². The summed E-state index contributed by atoms with van der Waals surface area (Å²) in [5.41, 5.74) is 1.65. The Kier molecular flexibility index (Phi) is 10.8. The third-order valence-electron chi connectivity index (χ3n) is 6.07. The molecule has 0 heterocycles. The number of halogens is 2. The topological polar surface area (TPSA) is 86.8 Å². The predicted molar refractivity (Wildman–Crippen MR) is 157 cm³/mol. The average molecular weight is 591 g/mol. The van der Waals surface area contributed by atoms with Crippen molar-refractivity contribution >= 4 is 50.7 Å². The lowest BCUT2D eigenvalue weighted by Crippen LogP contribution is -2.53. The molecule has 39 heavy (non-hydrogen) atoms. The molecule has 3 aromatic rings. The number of rotatable bonds is 12. The van der Waals surface area contributed by atoms with E-state index >= 15 is 0 Å². The number of benzene rings is 3. The normalized spacial score (nSPS) is 12.2. The Morgan fingerprint density at radius 2 is 1.44 bits per heavy atom. The van der Waals surface area contributed by atoms with E-state index in [4.69, 9.17) is 23.2 Å². The van der Waals surface area contributed by atoms with E-state index in [1.807, 2.05) is 44.2 Å². The lowest BCUT2D eigenvalue weighted by atomic mass is 10.0. The van der Waals surface area contributed by atoms with E-state index in [1.54, 1.807) is 48.5 Å². The van der Waals surface area contributed by atoms with E-state index in [1.165, 1.54) is 4.90 Å². The van der Waals surface area contributed by atoms with E-state index in [0.717, 1.165) is 16.1 Å². The maximum atomic E-state index is 14.0. The number of sulfonamides is 1. The molecule has 0 saturated heterocycles. The smallest absolute Gasteiger partial charge is 0.244 e. The second-order valence-corrected chi connectivity index (χ2v) is 12.4. The summed E-state index contributed by atoms with van der Waals surface area (Å²) in [7, 11) is -3.83. The average Bonchev–Trinajstić information content (AvgIpc) is 2.89. The van der Waals surface area contributed by atoms with Crippen LogP contribution < -0.4 is 9.62 Å². The SMILES string of the molecule is CC(C)CNC(=O)[C@@H](Cc1ccccc1)N(Cc1c(Cl)cccc1Cl)C(=O)CN(c1ccccc1)S(C)(=O)=O. The third kappa shape index (κ3) is 8.71. The first-order valence-electron chi connectivity index (χ1n) is 12.5. The molecule has 1 atom stereocenters. The van der Waals surface area contributed by atoms with Crippen molar-refractivity contribution in [2.45, 2.75) is 32.9 Å². The zero-order chi connectivity index (χ0) is 28.6. The highest BCUT2D eigenvalue weighted by atomic mass is 35.5.